The zero-order valence-corrected chi connectivity index (χ0v) is 7.12. The fraction of sp³-hybridized carbons (Fsp3) is 0.429. The first kappa shape index (κ1) is 8.74. The van der Waals surface area contributed by atoms with Crippen molar-refractivity contribution in [3.05, 3.63) is 12.2 Å². The van der Waals surface area contributed by atoms with Gasteiger partial charge < -0.3 is 5.11 Å². The van der Waals surface area contributed by atoms with Crippen LogP contribution in [0.25, 0.3) is 0 Å². The van der Waals surface area contributed by atoms with Gasteiger partial charge in [-0.05, 0) is 24.3 Å². The second-order valence-corrected chi connectivity index (χ2v) is 2.47. The van der Waals surface area contributed by atoms with E-state index in [1.165, 1.54) is 0 Å². The summed E-state index contributed by atoms with van der Waals surface area (Å²) in [6.07, 6.45) is 0. The molecule has 0 heterocycles. The van der Waals surface area contributed by atoms with Gasteiger partial charge in [-0.2, -0.15) is 0 Å². The van der Waals surface area contributed by atoms with Crippen LogP contribution in [-0.4, -0.2) is 10.7 Å². The Bertz CT molecular complexity index is 171. The van der Waals surface area contributed by atoms with E-state index >= 15 is 0 Å². The average molecular weight is 189 g/mol. The Morgan fingerprint density at radius 3 is 2.33 bits per heavy atom. The van der Waals surface area contributed by atoms with Crippen molar-refractivity contribution in [3.8, 4) is 10.8 Å². The molecule has 2 heteroatoms. The van der Waals surface area contributed by atoms with E-state index in [1.807, 2.05) is 0 Å². The minimum Gasteiger partial charge on any atom is -0.374 e. The van der Waals surface area contributed by atoms with Crippen LogP contribution < -0.4 is 0 Å². The molecule has 1 nitrogen and oxygen atoms in total. The highest BCUT2D eigenvalue weighted by molar-refractivity contribution is 9.12. The highest BCUT2D eigenvalue weighted by atomic mass is 79.9. The van der Waals surface area contributed by atoms with Gasteiger partial charge in [0.25, 0.3) is 0 Å². The lowest BCUT2D eigenvalue weighted by atomic mass is 10.0. The first-order valence-electron chi connectivity index (χ1n) is 2.52. The Hall–Kier alpha value is -0.260. The number of halogens is 1. The molecule has 0 aliphatic rings. The van der Waals surface area contributed by atoms with Gasteiger partial charge in [0, 0.05) is 15.9 Å². The molecule has 0 saturated heterocycles. The van der Waals surface area contributed by atoms with Crippen LogP contribution in [0.4, 0.5) is 0 Å². The van der Waals surface area contributed by atoms with Crippen molar-refractivity contribution >= 4 is 15.9 Å². The summed E-state index contributed by atoms with van der Waals surface area (Å²) in [7, 11) is 0. The molecular formula is C7H9BrO. The van der Waals surface area contributed by atoms with Gasteiger partial charge in [0.2, 0.25) is 0 Å². The van der Waals surface area contributed by atoms with E-state index in [-0.39, 0.29) is 0 Å². The summed E-state index contributed by atoms with van der Waals surface area (Å²) in [5.74, 6) is 2.54. The van der Waals surface area contributed by atoms with E-state index in [0.29, 0.717) is 5.57 Å². The van der Waals surface area contributed by atoms with Gasteiger partial charge in [-0.15, -0.1) is 0 Å². The molecule has 0 aromatic heterocycles. The minimum absolute atomic E-state index is 0.648. The van der Waals surface area contributed by atoms with Crippen LogP contribution in [0.3, 0.4) is 0 Å². The van der Waals surface area contributed by atoms with Crippen LogP contribution in [0.2, 0.25) is 0 Å². The molecular weight excluding hydrogens is 180 g/mol. The predicted molar refractivity (Wildman–Crippen MR) is 42.1 cm³/mol. The maximum absolute atomic E-state index is 9.29. The number of hydrogen-bond acceptors (Lipinski definition) is 1. The fourth-order valence-corrected chi connectivity index (χ4v) is 0.585. The third-order valence-corrected chi connectivity index (χ3v) is 1.32. The van der Waals surface area contributed by atoms with Crippen LogP contribution in [0.15, 0.2) is 12.2 Å². The lowest BCUT2D eigenvalue weighted by molar-refractivity contribution is 0.162. The molecule has 0 aromatic rings. The zero-order valence-electron chi connectivity index (χ0n) is 5.53. The topological polar surface area (TPSA) is 20.2 Å². The molecule has 1 atom stereocenters. The molecule has 0 aromatic carbocycles. The lowest BCUT2D eigenvalue weighted by Crippen LogP contribution is -2.21. The monoisotopic (exact) mass is 188 g/mol. The van der Waals surface area contributed by atoms with Crippen LogP contribution in [0.1, 0.15) is 13.8 Å². The Morgan fingerprint density at radius 2 is 2.22 bits per heavy atom. The first-order valence-corrected chi connectivity index (χ1v) is 3.31. The van der Waals surface area contributed by atoms with Crippen molar-refractivity contribution in [1.29, 1.82) is 0 Å². The highest BCUT2D eigenvalue weighted by Crippen LogP contribution is 2.11. The Kier molecular flexibility index (Phi) is 2.96. The largest absolute Gasteiger partial charge is 0.374 e. The normalized spacial score (nSPS) is 15.1. The molecule has 0 bridgehead atoms. The second kappa shape index (κ2) is 3.05. The Balaban J connectivity index is 4.32. The van der Waals surface area contributed by atoms with E-state index in [9.17, 15) is 5.11 Å². The average Bonchev–Trinajstić information content (AvgIpc) is 1.65. The molecule has 0 fully saturated rings. The van der Waals surface area contributed by atoms with E-state index in [2.05, 4.69) is 33.3 Å². The summed E-state index contributed by atoms with van der Waals surface area (Å²) < 4.78 is 0. The molecule has 1 N–H and O–H groups in total. The maximum atomic E-state index is 9.29. The summed E-state index contributed by atoms with van der Waals surface area (Å²) in [6.45, 7) is 6.91. The standard InChI is InChI=1S/C7H9BrO/c1-6(2)7(3,9)4-5-8/h9H,1H2,2-3H3. The maximum Gasteiger partial charge on any atom is 0.144 e. The Labute approximate surface area is 63.9 Å². The van der Waals surface area contributed by atoms with Crippen LogP contribution in [-0.2, 0) is 0 Å². The molecule has 0 aliphatic carbocycles. The van der Waals surface area contributed by atoms with E-state index in [0.717, 1.165) is 0 Å². The van der Waals surface area contributed by atoms with Crippen LogP contribution >= 0.6 is 15.9 Å². The molecule has 9 heavy (non-hydrogen) atoms. The zero-order chi connectivity index (χ0) is 7.49. The summed E-state index contributed by atoms with van der Waals surface area (Å²) in [5, 5.41) is 9.29. The van der Waals surface area contributed by atoms with Crippen molar-refractivity contribution in [1.82, 2.24) is 0 Å². The molecule has 0 spiro atoms. The van der Waals surface area contributed by atoms with Gasteiger partial charge >= 0.3 is 0 Å². The molecule has 0 aliphatic heterocycles. The van der Waals surface area contributed by atoms with Crippen LogP contribution in [0.5, 0.6) is 0 Å². The fourth-order valence-electron chi connectivity index (χ4n) is 0.199. The number of hydrogen-bond donors (Lipinski definition) is 1. The number of aliphatic hydroxyl groups is 1. The smallest absolute Gasteiger partial charge is 0.144 e. The van der Waals surface area contributed by atoms with Gasteiger partial charge in [-0.3, -0.25) is 0 Å². The van der Waals surface area contributed by atoms with E-state index in [4.69, 9.17) is 0 Å². The predicted octanol–water partition coefficient (Wildman–Crippen LogP) is 1.67. The Morgan fingerprint density at radius 1 is 1.78 bits per heavy atom. The molecule has 1 unspecified atom stereocenters. The molecule has 50 valence electrons. The summed E-state index contributed by atoms with van der Waals surface area (Å²) >= 11 is 2.89. The summed E-state index contributed by atoms with van der Waals surface area (Å²) in [4.78, 5) is 2.44. The summed E-state index contributed by atoms with van der Waals surface area (Å²) in [5.41, 5.74) is -0.404. The van der Waals surface area contributed by atoms with Crippen molar-refractivity contribution in [3.63, 3.8) is 0 Å². The second-order valence-electron chi connectivity index (χ2n) is 2.07. The van der Waals surface area contributed by atoms with Crippen molar-refractivity contribution in [2.24, 2.45) is 0 Å². The van der Waals surface area contributed by atoms with Crippen molar-refractivity contribution in [2.45, 2.75) is 19.4 Å². The lowest BCUT2D eigenvalue weighted by Gasteiger charge is -2.14. The third-order valence-electron chi connectivity index (χ3n) is 1.12. The number of rotatable bonds is 1. The molecule has 0 rings (SSSR count). The highest BCUT2D eigenvalue weighted by Gasteiger charge is 2.16. The van der Waals surface area contributed by atoms with Crippen molar-refractivity contribution in [2.75, 3.05) is 0 Å². The van der Waals surface area contributed by atoms with Gasteiger partial charge in [-0.1, -0.05) is 12.5 Å². The van der Waals surface area contributed by atoms with E-state index in [1.54, 1.807) is 13.8 Å². The first-order chi connectivity index (χ1) is 4.00. The molecule has 0 saturated carbocycles. The van der Waals surface area contributed by atoms with Gasteiger partial charge in [-0.25, -0.2) is 0 Å². The third kappa shape index (κ3) is 2.69. The van der Waals surface area contributed by atoms with Gasteiger partial charge in [0.05, 0.1) is 0 Å². The van der Waals surface area contributed by atoms with E-state index < -0.39 is 5.60 Å². The quantitative estimate of drug-likeness (QED) is 0.491. The van der Waals surface area contributed by atoms with Gasteiger partial charge in [0.15, 0.2) is 0 Å². The molecule has 0 radical (unpaired) electrons. The summed E-state index contributed by atoms with van der Waals surface area (Å²) in [6, 6.07) is 0. The molecule has 0 amide bonds. The van der Waals surface area contributed by atoms with Crippen LogP contribution in [0, 0.1) is 10.8 Å². The minimum atomic E-state index is -1.05. The van der Waals surface area contributed by atoms with Gasteiger partial charge in [0.1, 0.15) is 5.60 Å². The SMILES string of the molecule is C=C(C)C(C)(O)C#CBr. The van der Waals surface area contributed by atoms with Crippen molar-refractivity contribution < 1.29 is 5.11 Å².